The van der Waals surface area contributed by atoms with Crippen LogP contribution in [0.3, 0.4) is 0 Å². The van der Waals surface area contributed by atoms with E-state index in [2.05, 4.69) is 19.1 Å². The topological polar surface area (TPSA) is 66.8 Å². The molecule has 0 aliphatic heterocycles. The minimum absolute atomic E-state index is 0.167. The smallest absolute Gasteiger partial charge is 0.311 e. The van der Waals surface area contributed by atoms with Crippen LogP contribution in [-0.4, -0.2) is 28.6 Å². The van der Waals surface area contributed by atoms with E-state index in [1.807, 2.05) is 13.8 Å². The van der Waals surface area contributed by atoms with Crippen LogP contribution < -0.4 is 0 Å². The monoisotopic (exact) mass is 412 g/mol. The second-order valence-corrected chi connectivity index (χ2v) is 8.79. The standard InChI is InChI=1S/C25H48O4/c1-5-6-7-8-9-10-11-12-13-14-15-16-17-18-19-20-23(21(2)3)25(28)29-24(27)22(4)26/h12-13,21-24,26-27H,5-11,14-20H2,1-4H3/b13-12+. The van der Waals surface area contributed by atoms with Crippen LogP contribution in [0.25, 0.3) is 0 Å². The van der Waals surface area contributed by atoms with Crippen LogP contribution in [0.4, 0.5) is 0 Å². The van der Waals surface area contributed by atoms with Crippen LogP contribution in [-0.2, 0) is 9.53 Å². The van der Waals surface area contributed by atoms with Crippen molar-refractivity contribution in [1.29, 1.82) is 0 Å². The number of carbonyl (C=O) groups is 1. The maximum absolute atomic E-state index is 12.2. The van der Waals surface area contributed by atoms with Gasteiger partial charge < -0.3 is 14.9 Å². The molecule has 0 fully saturated rings. The zero-order valence-corrected chi connectivity index (χ0v) is 19.6. The number of unbranched alkanes of at least 4 members (excludes halogenated alkanes) is 11. The van der Waals surface area contributed by atoms with E-state index in [-0.39, 0.29) is 11.8 Å². The van der Waals surface area contributed by atoms with Crippen LogP contribution >= 0.6 is 0 Å². The Kier molecular flexibility index (Phi) is 18.5. The Morgan fingerprint density at radius 3 is 1.76 bits per heavy atom. The molecule has 0 bridgehead atoms. The summed E-state index contributed by atoms with van der Waals surface area (Å²) in [7, 11) is 0. The van der Waals surface area contributed by atoms with Gasteiger partial charge in [0.05, 0.1) is 5.92 Å². The van der Waals surface area contributed by atoms with E-state index in [1.54, 1.807) is 0 Å². The molecule has 0 aromatic carbocycles. The Morgan fingerprint density at radius 2 is 1.28 bits per heavy atom. The summed E-state index contributed by atoms with van der Waals surface area (Å²) >= 11 is 0. The fourth-order valence-electron chi connectivity index (χ4n) is 3.46. The zero-order chi connectivity index (χ0) is 21.9. The average Bonchev–Trinajstić information content (AvgIpc) is 2.67. The fourth-order valence-corrected chi connectivity index (χ4v) is 3.46. The molecule has 4 heteroatoms. The predicted molar refractivity (Wildman–Crippen MR) is 122 cm³/mol. The maximum atomic E-state index is 12.2. The van der Waals surface area contributed by atoms with Gasteiger partial charge >= 0.3 is 5.97 Å². The first-order chi connectivity index (χ1) is 13.9. The highest BCUT2D eigenvalue weighted by Crippen LogP contribution is 2.22. The molecule has 0 heterocycles. The van der Waals surface area contributed by atoms with Crippen molar-refractivity contribution in [3.05, 3.63) is 12.2 Å². The molecule has 0 saturated heterocycles. The molecule has 3 atom stereocenters. The SMILES string of the molecule is CCCCCCCC/C=C/CCCCCCCC(C(=O)OC(O)C(C)O)C(C)C. The molecular formula is C25H48O4. The summed E-state index contributed by atoms with van der Waals surface area (Å²) < 4.78 is 4.97. The van der Waals surface area contributed by atoms with Crippen molar-refractivity contribution in [2.45, 2.75) is 130 Å². The summed E-state index contributed by atoms with van der Waals surface area (Å²) in [5.74, 6) is -0.447. The molecule has 172 valence electrons. The zero-order valence-electron chi connectivity index (χ0n) is 19.6. The Morgan fingerprint density at radius 1 is 0.793 bits per heavy atom. The number of aliphatic hydroxyl groups is 2. The summed E-state index contributed by atoms with van der Waals surface area (Å²) in [6, 6.07) is 0. The van der Waals surface area contributed by atoms with E-state index in [0.29, 0.717) is 0 Å². The lowest BCUT2D eigenvalue weighted by Gasteiger charge is -2.22. The number of allylic oxidation sites excluding steroid dienone is 2. The Hall–Kier alpha value is -0.870. The van der Waals surface area contributed by atoms with Gasteiger partial charge in [0, 0.05) is 0 Å². The first-order valence-electron chi connectivity index (χ1n) is 12.1. The molecule has 0 radical (unpaired) electrons. The number of hydrogen-bond acceptors (Lipinski definition) is 4. The van der Waals surface area contributed by atoms with Gasteiger partial charge in [-0.25, -0.2) is 0 Å². The third-order valence-corrected chi connectivity index (χ3v) is 5.53. The largest absolute Gasteiger partial charge is 0.433 e. The number of aliphatic hydroxyl groups excluding tert-OH is 2. The fraction of sp³-hybridized carbons (Fsp3) is 0.880. The van der Waals surface area contributed by atoms with Crippen molar-refractivity contribution >= 4 is 5.97 Å². The van der Waals surface area contributed by atoms with Gasteiger partial charge in [-0.15, -0.1) is 0 Å². The first kappa shape index (κ1) is 28.1. The lowest BCUT2D eigenvalue weighted by Crippen LogP contribution is -2.33. The second-order valence-electron chi connectivity index (χ2n) is 8.79. The van der Waals surface area contributed by atoms with Crippen LogP contribution in [0.2, 0.25) is 0 Å². The van der Waals surface area contributed by atoms with Gasteiger partial charge in [-0.2, -0.15) is 0 Å². The molecule has 0 aliphatic carbocycles. The molecule has 0 rings (SSSR count). The lowest BCUT2D eigenvalue weighted by molar-refractivity contribution is -0.190. The van der Waals surface area contributed by atoms with Crippen LogP contribution in [0.15, 0.2) is 12.2 Å². The summed E-state index contributed by atoms with van der Waals surface area (Å²) in [4.78, 5) is 12.2. The van der Waals surface area contributed by atoms with E-state index in [9.17, 15) is 15.0 Å². The number of esters is 1. The highest BCUT2D eigenvalue weighted by molar-refractivity contribution is 5.72. The molecule has 0 amide bonds. The molecule has 0 aliphatic rings. The van der Waals surface area contributed by atoms with Gasteiger partial charge in [-0.05, 0) is 44.9 Å². The van der Waals surface area contributed by atoms with Gasteiger partial charge in [0.1, 0.15) is 6.10 Å². The van der Waals surface area contributed by atoms with Gasteiger partial charge in [0.2, 0.25) is 6.29 Å². The number of carbonyl (C=O) groups excluding carboxylic acids is 1. The van der Waals surface area contributed by atoms with Crippen LogP contribution in [0, 0.1) is 11.8 Å². The molecule has 29 heavy (non-hydrogen) atoms. The summed E-state index contributed by atoms with van der Waals surface area (Å²) in [6.07, 6.45) is 19.3. The lowest BCUT2D eigenvalue weighted by atomic mass is 9.90. The van der Waals surface area contributed by atoms with Crippen LogP contribution in [0.1, 0.15) is 118 Å². The Labute approximate surface area is 180 Å². The quantitative estimate of drug-likeness (QED) is 0.109. The minimum Gasteiger partial charge on any atom is -0.433 e. The number of ether oxygens (including phenoxy) is 1. The van der Waals surface area contributed by atoms with Crippen molar-refractivity contribution in [2.24, 2.45) is 11.8 Å². The number of rotatable bonds is 19. The molecule has 0 spiro atoms. The third kappa shape index (κ3) is 16.6. The summed E-state index contributed by atoms with van der Waals surface area (Å²) in [5, 5.41) is 18.8. The van der Waals surface area contributed by atoms with Crippen molar-refractivity contribution in [2.75, 3.05) is 0 Å². The van der Waals surface area contributed by atoms with Crippen LogP contribution in [0.5, 0.6) is 0 Å². The van der Waals surface area contributed by atoms with Gasteiger partial charge in [-0.1, -0.05) is 90.7 Å². The highest BCUT2D eigenvalue weighted by atomic mass is 16.6. The summed E-state index contributed by atoms with van der Waals surface area (Å²) in [5.41, 5.74) is 0. The Balaban J connectivity index is 3.68. The average molecular weight is 413 g/mol. The normalized spacial score (nSPS) is 15.0. The van der Waals surface area contributed by atoms with Gasteiger partial charge in [0.15, 0.2) is 0 Å². The number of hydrogen-bond donors (Lipinski definition) is 2. The molecule has 2 N–H and O–H groups in total. The molecule has 0 aromatic rings. The second kappa shape index (κ2) is 19.1. The van der Waals surface area contributed by atoms with Crippen molar-refractivity contribution in [3.63, 3.8) is 0 Å². The van der Waals surface area contributed by atoms with Crippen molar-refractivity contribution < 1.29 is 19.7 Å². The maximum Gasteiger partial charge on any atom is 0.311 e. The Bertz CT molecular complexity index is 404. The molecule has 3 unspecified atom stereocenters. The van der Waals surface area contributed by atoms with E-state index in [1.165, 1.54) is 77.6 Å². The van der Waals surface area contributed by atoms with E-state index >= 15 is 0 Å². The molecule has 4 nitrogen and oxygen atoms in total. The van der Waals surface area contributed by atoms with E-state index < -0.39 is 18.4 Å². The van der Waals surface area contributed by atoms with E-state index in [0.717, 1.165) is 19.3 Å². The van der Waals surface area contributed by atoms with Gasteiger partial charge in [0.25, 0.3) is 0 Å². The molecule has 0 saturated carbocycles. The molecular weight excluding hydrogens is 364 g/mol. The summed E-state index contributed by atoms with van der Waals surface area (Å²) in [6.45, 7) is 7.66. The molecule has 0 aromatic heterocycles. The predicted octanol–water partition coefficient (Wildman–Crippen LogP) is 6.54. The minimum atomic E-state index is -1.43. The van der Waals surface area contributed by atoms with E-state index in [4.69, 9.17) is 4.74 Å². The van der Waals surface area contributed by atoms with Crippen molar-refractivity contribution in [3.8, 4) is 0 Å². The van der Waals surface area contributed by atoms with Gasteiger partial charge in [-0.3, -0.25) is 4.79 Å². The first-order valence-corrected chi connectivity index (χ1v) is 12.1. The van der Waals surface area contributed by atoms with Crippen molar-refractivity contribution in [1.82, 2.24) is 0 Å². The highest BCUT2D eigenvalue weighted by Gasteiger charge is 2.26. The third-order valence-electron chi connectivity index (χ3n) is 5.53.